The van der Waals surface area contributed by atoms with Gasteiger partial charge in [-0.3, -0.25) is 4.98 Å². The zero-order valence-corrected chi connectivity index (χ0v) is 11.2. The van der Waals surface area contributed by atoms with Crippen molar-refractivity contribution in [3.63, 3.8) is 0 Å². The molecule has 0 aliphatic rings. The molecule has 0 unspecified atom stereocenters. The van der Waals surface area contributed by atoms with Crippen LogP contribution in [0, 0.1) is 3.57 Å². The van der Waals surface area contributed by atoms with Gasteiger partial charge in [0.15, 0.2) is 0 Å². The number of carbonyl (C=O) groups is 1. The largest absolute Gasteiger partial charge is 0.465 e. The Hall–Kier alpha value is -0.310. The van der Waals surface area contributed by atoms with E-state index >= 15 is 0 Å². The predicted molar refractivity (Wildman–Crippen MR) is 61.0 cm³/mol. The van der Waals surface area contributed by atoms with E-state index in [2.05, 4.69) is 25.7 Å². The van der Waals surface area contributed by atoms with Crippen LogP contribution in [0.4, 0.5) is 8.78 Å². The molecule has 82 valence electrons. The van der Waals surface area contributed by atoms with Crippen LogP contribution in [0.15, 0.2) is 10.7 Å². The first-order valence-corrected chi connectivity index (χ1v) is 5.56. The minimum Gasteiger partial charge on any atom is -0.465 e. The van der Waals surface area contributed by atoms with Crippen molar-refractivity contribution in [1.82, 2.24) is 4.98 Å². The average Bonchev–Trinajstić information content (AvgIpc) is 2.20. The van der Waals surface area contributed by atoms with Gasteiger partial charge in [-0.25, -0.2) is 13.6 Å². The maximum absolute atomic E-state index is 12.5. The second-order valence-corrected chi connectivity index (χ2v) is 4.41. The predicted octanol–water partition coefficient (Wildman–Crippen LogP) is 3.17. The summed E-state index contributed by atoms with van der Waals surface area (Å²) in [6, 6.07) is 0. The Labute approximate surface area is 106 Å². The van der Waals surface area contributed by atoms with Gasteiger partial charge in [0, 0.05) is 9.77 Å². The molecule has 0 aromatic carbocycles. The Balaban J connectivity index is 3.41. The Bertz CT molecular complexity index is 400. The van der Waals surface area contributed by atoms with Crippen LogP contribution >= 0.6 is 38.5 Å². The normalized spacial score (nSPS) is 10.5. The number of rotatable bonds is 2. The summed E-state index contributed by atoms with van der Waals surface area (Å²) in [5.41, 5.74) is -0.753. The number of pyridine rings is 1. The van der Waals surface area contributed by atoms with Crippen molar-refractivity contribution in [2.75, 3.05) is 7.11 Å². The highest BCUT2D eigenvalue weighted by molar-refractivity contribution is 14.1. The molecule has 1 aromatic heterocycles. The van der Waals surface area contributed by atoms with Crippen LogP contribution in [0.2, 0.25) is 0 Å². The Kier molecular flexibility index (Phi) is 4.38. The molecule has 3 nitrogen and oxygen atoms in total. The van der Waals surface area contributed by atoms with E-state index in [1.165, 1.54) is 6.20 Å². The number of hydrogen-bond acceptors (Lipinski definition) is 3. The zero-order valence-electron chi connectivity index (χ0n) is 7.43. The molecule has 0 aliphatic carbocycles. The van der Waals surface area contributed by atoms with Crippen LogP contribution < -0.4 is 0 Å². The van der Waals surface area contributed by atoms with Gasteiger partial charge in [-0.2, -0.15) is 0 Å². The summed E-state index contributed by atoms with van der Waals surface area (Å²) < 4.78 is 30.4. The third-order valence-corrected chi connectivity index (χ3v) is 4.06. The van der Waals surface area contributed by atoms with E-state index < -0.39 is 18.1 Å². The van der Waals surface area contributed by atoms with E-state index in [0.717, 1.165) is 7.11 Å². The van der Waals surface area contributed by atoms with E-state index in [4.69, 9.17) is 0 Å². The monoisotopic (exact) mass is 391 g/mol. The Morgan fingerprint density at radius 1 is 1.67 bits per heavy atom. The van der Waals surface area contributed by atoms with Crippen LogP contribution in [0.1, 0.15) is 22.5 Å². The smallest absolute Gasteiger partial charge is 0.341 e. The first-order valence-electron chi connectivity index (χ1n) is 3.69. The van der Waals surface area contributed by atoms with Gasteiger partial charge in [-0.15, -0.1) is 0 Å². The first kappa shape index (κ1) is 12.8. The second kappa shape index (κ2) is 5.15. The number of esters is 1. The molecule has 1 aromatic rings. The van der Waals surface area contributed by atoms with Crippen molar-refractivity contribution in [2.45, 2.75) is 6.43 Å². The summed E-state index contributed by atoms with van der Waals surface area (Å²) in [6.07, 6.45) is -1.57. The van der Waals surface area contributed by atoms with E-state index in [1.807, 2.05) is 0 Å². The fraction of sp³-hybridized carbons (Fsp3) is 0.250. The van der Waals surface area contributed by atoms with Crippen LogP contribution in [0.5, 0.6) is 0 Å². The number of hydrogen-bond donors (Lipinski definition) is 0. The topological polar surface area (TPSA) is 39.2 Å². The highest BCUT2D eigenvalue weighted by Crippen LogP contribution is 2.29. The van der Waals surface area contributed by atoms with Gasteiger partial charge in [0.1, 0.15) is 11.3 Å². The van der Waals surface area contributed by atoms with Crippen molar-refractivity contribution < 1.29 is 18.3 Å². The van der Waals surface area contributed by atoms with Crippen molar-refractivity contribution in [3.8, 4) is 0 Å². The Morgan fingerprint density at radius 3 is 2.73 bits per heavy atom. The van der Waals surface area contributed by atoms with Gasteiger partial charge in [-0.05, 0) is 38.5 Å². The molecule has 0 aliphatic heterocycles. The minimum absolute atomic E-state index is 0.192. The molecule has 1 rings (SSSR count). The van der Waals surface area contributed by atoms with Crippen LogP contribution in [0.25, 0.3) is 0 Å². The first-order chi connectivity index (χ1) is 6.99. The summed E-state index contributed by atoms with van der Waals surface area (Å²) in [5.74, 6) is -0.816. The number of alkyl halides is 2. The zero-order chi connectivity index (χ0) is 11.6. The van der Waals surface area contributed by atoms with Gasteiger partial charge >= 0.3 is 5.97 Å². The number of methoxy groups -OCH3 is 1. The maximum atomic E-state index is 12.5. The maximum Gasteiger partial charge on any atom is 0.341 e. The highest BCUT2D eigenvalue weighted by Gasteiger charge is 2.24. The number of nitrogens with zero attached hydrogens (tertiary/aromatic N) is 1. The number of ether oxygens (including phenoxy) is 1. The van der Waals surface area contributed by atoms with Gasteiger partial charge < -0.3 is 4.74 Å². The molecule has 0 amide bonds. The third-order valence-electron chi connectivity index (χ3n) is 1.60. The molecule has 0 radical (unpaired) electrons. The molecule has 1 heterocycles. The van der Waals surface area contributed by atoms with Crippen LogP contribution in [0.3, 0.4) is 0 Å². The number of halogens is 4. The van der Waals surface area contributed by atoms with Crippen LogP contribution in [-0.4, -0.2) is 18.1 Å². The number of carbonyl (C=O) groups excluding carboxylic acids is 1. The molecule has 0 saturated carbocycles. The summed E-state index contributed by atoms with van der Waals surface area (Å²) in [5, 5.41) is 0. The molecule has 0 atom stereocenters. The molecule has 0 saturated heterocycles. The molecule has 0 bridgehead atoms. The van der Waals surface area contributed by atoms with E-state index in [9.17, 15) is 13.6 Å². The molecule has 15 heavy (non-hydrogen) atoms. The van der Waals surface area contributed by atoms with Crippen molar-refractivity contribution in [1.29, 1.82) is 0 Å². The van der Waals surface area contributed by atoms with Gasteiger partial charge in [0.25, 0.3) is 6.43 Å². The summed E-state index contributed by atoms with van der Waals surface area (Å²) >= 11 is 4.89. The fourth-order valence-electron chi connectivity index (χ4n) is 0.941. The van der Waals surface area contributed by atoms with Gasteiger partial charge in [0.05, 0.1) is 11.6 Å². The minimum atomic E-state index is -2.80. The SMILES string of the molecule is COC(=O)c1c(C(F)F)ncc(Br)c1I. The lowest BCUT2D eigenvalue weighted by molar-refractivity contribution is 0.0585. The lowest BCUT2D eigenvalue weighted by Crippen LogP contribution is -2.11. The third kappa shape index (κ3) is 2.63. The second-order valence-electron chi connectivity index (χ2n) is 2.47. The number of aromatic nitrogens is 1. The van der Waals surface area contributed by atoms with Crippen LogP contribution in [-0.2, 0) is 4.74 Å². The molecule has 7 heteroatoms. The highest BCUT2D eigenvalue weighted by atomic mass is 127. The van der Waals surface area contributed by atoms with Gasteiger partial charge in [-0.1, -0.05) is 0 Å². The summed E-state index contributed by atoms with van der Waals surface area (Å²) in [7, 11) is 1.13. The average molecular weight is 392 g/mol. The standard InChI is InChI=1S/C8H5BrF2INO2/c1-15-8(14)4-5(12)3(9)2-13-6(4)7(10)11/h2,7H,1H3. The van der Waals surface area contributed by atoms with Crippen molar-refractivity contribution in [3.05, 3.63) is 25.5 Å². The molecular formula is C8H5BrF2INO2. The van der Waals surface area contributed by atoms with Crippen molar-refractivity contribution >= 4 is 44.5 Å². The van der Waals surface area contributed by atoms with E-state index in [-0.39, 0.29) is 5.56 Å². The quantitative estimate of drug-likeness (QED) is 0.574. The lowest BCUT2D eigenvalue weighted by atomic mass is 10.2. The van der Waals surface area contributed by atoms with Gasteiger partial charge in [0.2, 0.25) is 0 Å². The summed E-state index contributed by atoms with van der Waals surface area (Å²) in [6.45, 7) is 0. The molecule has 0 N–H and O–H groups in total. The lowest BCUT2D eigenvalue weighted by Gasteiger charge is -2.09. The Morgan fingerprint density at radius 2 is 2.27 bits per heavy atom. The molecular weight excluding hydrogens is 387 g/mol. The fourth-order valence-corrected chi connectivity index (χ4v) is 1.88. The van der Waals surface area contributed by atoms with E-state index in [1.54, 1.807) is 22.6 Å². The summed E-state index contributed by atoms with van der Waals surface area (Å²) in [4.78, 5) is 14.8. The van der Waals surface area contributed by atoms with E-state index in [0.29, 0.717) is 8.04 Å². The molecule has 0 fully saturated rings. The molecule has 0 spiro atoms. The van der Waals surface area contributed by atoms with Crippen molar-refractivity contribution in [2.24, 2.45) is 0 Å².